The molecule has 102 valence electrons. The van der Waals surface area contributed by atoms with E-state index in [9.17, 15) is 0 Å². The molecule has 0 radical (unpaired) electrons. The Morgan fingerprint density at radius 2 is 1.94 bits per heavy atom. The van der Waals surface area contributed by atoms with Gasteiger partial charge in [-0.1, -0.05) is 19.9 Å². The van der Waals surface area contributed by atoms with E-state index >= 15 is 0 Å². The summed E-state index contributed by atoms with van der Waals surface area (Å²) < 4.78 is 5.49. The number of hydrogen-bond donors (Lipinski definition) is 1. The van der Waals surface area contributed by atoms with E-state index in [1.54, 1.807) is 7.11 Å². The molecular formula is C15H26N2O. The van der Waals surface area contributed by atoms with Crippen LogP contribution in [-0.2, 0) is 0 Å². The molecule has 0 unspecified atom stereocenters. The molecule has 0 aliphatic carbocycles. The molecule has 0 amide bonds. The summed E-state index contributed by atoms with van der Waals surface area (Å²) in [5, 5.41) is 3.43. The number of rotatable bonds is 6. The van der Waals surface area contributed by atoms with Crippen LogP contribution in [0.15, 0.2) is 12.1 Å². The molecule has 18 heavy (non-hydrogen) atoms. The van der Waals surface area contributed by atoms with Gasteiger partial charge in [0.05, 0.1) is 12.8 Å². The second-order valence-corrected chi connectivity index (χ2v) is 5.16. The molecule has 0 fully saturated rings. The Kier molecular flexibility index (Phi) is 5.48. The van der Waals surface area contributed by atoms with Gasteiger partial charge in [0.25, 0.3) is 0 Å². The number of nitrogens with one attached hydrogen (secondary N) is 1. The van der Waals surface area contributed by atoms with E-state index in [4.69, 9.17) is 4.74 Å². The fraction of sp³-hybridized carbons (Fsp3) is 0.600. The summed E-state index contributed by atoms with van der Waals surface area (Å²) in [6, 6.07) is 4.82. The van der Waals surface area contributed by atoms with Gasteiger partial charge in [0, 0.05) is 26.2 Å². The molecule has 3 heteroatoms. The second kappa shape index (κ2) is 6.64. The summed E-state index contributed by atoms with van der Waals surface area (Å²) in [5.41, 5.74) is 3.69. The molecule has 0 spiro atoms. The Balaban J connectivity index is 2.81. The summed E-state index contributed by atoms with van der Waals surface area (Å²) in [7, 11) is 3.85. The zero-order chi connectivity index (χ0) is 13.7. The van der Waals surface area contributed by atoms with E-state index in [0.29, 0.717) is 6.04 Å². The Hall–Kier alpha value is -1.22. The lowest BCUT2D eigenvalue weighted by atomic mass is 10.1. The van der Waals surface area contributed by atoms with Gasteiger partial charge < -0.3 is 15.0 Å². The van der Waals surface area contributed by atoms with Crippen molar-refractivity contribution in [3.63, 3.8) is 0 Å². The van der Waals surface area contributed by atoms with Gasteiger partial charge in [-0.25, -0.2) is 0 Å². The third-order valence-corrected chi connectivity index (χ3v) is 3.01. The summed E-state index contributed by atoms with van der Waals surface area (Å²) in [6.07, 6.45) is 0. The minimum Gasteiger partial charge on any atom is -0.495 e. The molecule has 0 heterocycles. The number of ether oxygens (including phenoxy) is 1. The van der Waals surface area contributed by atoms with Crippen LogP contribution in [0.25, 0.3) is 0 Å². The van der Waals surface area contributed by atoms with Crippen LogP contribution in [0.3, 0.4) is 0 Å². The van der Waals surface area contributed by atoms with Crippen molar-refractivity contribution in [2.45, 2.75) is 33.7 Å². The summed E-state index contributed by atoms with van der Waals surface area (Å²) >= 11 is 0. The highest BCUT2D eigenvalue weighted by molar-refractivity contribution is 5.64. The fourth-order valence-electron chi connectivity index (χ4n) is 2.20. The third-order valence-electron chi connectivity index (χ3n) is 3.01. The van der Waals surface area contributed by atoms with Crippen LogP contribution in [0.5, 0.6) is 5.75 Å². The van der Waals surface area contributed by atoms with E-state index < -0.39 is 0 Å². The minimum absolute atomic E-state index is 0.527. The number of benzene rings is 1. The van der Waals surface area contributed by atoms with Crippen molar-refractivity contribution in [1.82, 2.24) is 5.32 Å². The number of hydrogen-bond acceptors (Lipinski definition) is 3. The van der Waals surface area contributed by atoms with Crippen LogP contribution in [0.4, 0.5) is 5.69 Å². The number of nitrogens with zero attached hydrogens (tertiary/aromatic N) is 1. The molecule has 0 saturated carbocycles. The van der Waals surface area contributed by atoms with E-state index in [2.05, 4.69) is 57.1 Å². The van der Waals surface area contributed by atoms with Crippen molar-refractivity contribution in [2.24, 2.45) is 0 Å². The highest BCUT2D eigenvalue weighted by atomic mass is 16.5. The van der Waals surface area contributed by atoms with Gasteiger partial charge in [-0.2, -0.15) is 0 Å². The predicted octanol–water partition coefficient (Wildman–Crippen LogP) is 2.75. The molecule has 1 aromatic rings. The van der Waals surface area contributed by atoms with Crippen LogP contribution in [0, 0.1) is 13.8 Å². The molecule has 0 aromatic heterocycles. The number of aryl methyl sites for hydroxylation is 2. The van der Waals surface area contributed by atoms with Gasteiger partial charge in [0.2, 0.25) is 0 Å². The lowest BCUT2D eigenvalue weighted by Gasteiger charge is -2.25. The zero-order valence-electron chi connectivity index (χ0n) is 12.5. The predicted molar refractivity (Wildman–Crippen MR) is 78.9 cm³/mol. The quantitative estimate of drug-likeness (QED) is 0.840. The topological polar surface area (TPSA) is 24.5 Å². The lowest BCUT2D eigenvalue weighted by molar-refractivity contribution is 0.414. The molecule has 0 aliphatic rings. The highest BCUT2D eigenvalue weighted by Crippen LogP contribution is 2.32. The first kappa shape index (κ1) is 14.8. The van der Waals surface area contributed by atoms with Crippen molar-refractivity contribution in [3.05, 3.63) is 23.3 Å². The average Bonchev–Trinajstić information content (AvgIpc) is 2.26. The van der Waals surface area contributed by atoms with Gasteiger partial charge >= 0.3 is 0 Å². The van der Waals surface area contributed by atoms with Crippen LogP contribution in [0.2, 0.25) is 0 Å². The minimum atomic E-state index is 0.527. The molecule has 0 aliphatic heterocycles. The van der Waals surface area contributed by atoms with Crippen molar-refractivity contribution in [2.75, 3.05) is 32.1 Å². The standard InChI is InChI=1S/C15H26N2O/c1-11(2)16-7-8-17(5)15-13(4)9-12(3)10-14(15)18-6/h9-11,16H,7-8H2,1-6H3. The van der Waals surface area contributed by atoms with Crippen molar-refractivity contribution in [1.29, 1.82) is 0 Å². The highest BCUT2D eigenvalue weighted by Gasteiger charge is 2.12. The smallest absolute Gasteiger partial charge is 0.142 e. The molecule has 1 aromatic carbocycles. The number of anilines is 1. The lowest BCUT2D eigenvalue weighted by Crippen LogP contribution is -2.33. The van der Waals surface area contributed by atoms with Gasteiger partial charge in [-0.3, -0.25) is 0 Å². The number of methoxy groups -OCH3 is 1. The van der Waals surface area contributed by atoms with E-state index in [1.165, 1.54) is 16.8 Å². The Morgan fingerprint density at radius 3 is 2.50 bits per heavy atom. The number of likely N-dealkylation sites (N-methyl/N-ethyl adjacent to an activating group) is 1. The van der Waals surface area contributed by atoms with Gasteiger partial charge in [-0.05, 0) is 31.0 Å². The maximum atomic E-state index is 5.49. The fourth-order valence-corrected chi connectivity index (χ4v) is 2.20. The Labute approximate surface area is 111 Å². The van der Waals surface area contributed by atoms with Crippen LogP contribution in [-0.4, -0.2) is 33.3 Å². The van der Waals surface area contributed by atoms with E-state index in [1.807, 2.05) is 0 Å². The monoisotopic (exact) mass is 250 g/mol. The second-order valence-electron chi connectivity index (χ2n) is 5.16. The molecule has 0 bridgehead atoms. The molecular weight excluding hydrogens is 224 g/mol. The molecule has 3 nitrogen and oxygen atoms in total. The van der Waals surface area contributed by atoms with Gasteiger partial charge in [0.1, 0.15) is 5.75 Å². The SMILES string of the molecule is COc1cc(C)cc(C)c1N(C)CCNC(C)C. The zero-order valence-corrected chi connectivity index (χ0v) is 12.5. The largest absolute Gasteiger partial charge is 0.495 e. The normalized spacial score (nSPS) is 10.8. The summed E-state index contributed by atoms with van der Waals surface area (Å²) in [6.45, 7) is 10.5. The van der Waals surface area contributed by atoms with Crippen molar-refractivity contribution in [3.8, 4) is 5.75 Å². The summed E-state index contributed by atoms with van der Waals surface area (Å²) in [5.74, 6) is 0.958. The van der Waals surface area contributed by atoms with E-state index in [-0.39, 0.29) is 0 Å². The van der Waals surface area contributed by atoms with Crippen LogP contribution >= 0.6 is 0 Å². The molecule has 1 rings (SSSR count). The van der Waals surface area contributed by atoms with Crippen molar-refractivity contribution >= 4 is 5.69 Å². The Bertz CT molecular complexity index is 388. The van der Waals surface area contributed by atoms with Crippen LogP contribution < -0.4 is 15.0 Å². The van der Waals surface area contributed by atoms with Gasteiger partial charge in [-0.15, -0.1) is 0 Å². The average molecular weight is 250 g/mol. The molecule has 0 atom stereocenters. The van der Waals surface area contributed by atoms with Crippen molar-refractivity contribution < 1.29 is 4.74 Å². The third kappa shape index (κ3) is 3.91. The van der Waals surface area contributed by atoms with Crippen LogP contribution in [0.1, 0.15) is 25.0 Å². The molecule has 1 N–H and O–H groups in total. The molecule has 0 saturated heterocycles. The maximum absolute atomic E-state index is 5.49. The van der Waals surface area contributed by atoms with Gasteiger partial charge in [0.15, 0.2) is 0 Å². The first-order valence-corrected chi connectivity index (χ1v) is 6.55. The summed E-state index contributed by atoms with van der Waals surface area (Å²) in [4.78, 5) is 2.25. The Morgan fingerprint density at radius 1 is 1.28 bits per heavy atom. The maximum Gasteiger partial charge on any atom is 0.142 e. The van der Waals surface area contributed by atoms with E-state index in [0.717, 1.165) is 18.8 Å². The first-order valence-electron chi connectivity index (χ1n) is 6.55. The first-order chi connectivity index (χ1) is 8.45.